The van der Waals surface area contributed by atoms with Gasteiger partial charge in [-0.2, -0.15) is 17.7 Å². The minimum Gasteiger partial charge on any atom is -0.493 e. The minimum atomic E-state index is -4.01. The van der Waals surface area contributed by atoms with Crippen LogP contribution in [0.15, 0.2) is 42.6 Å². The number of hydrogen-bond donors (Lipinski definition) is 3. The number of nitrogen functional groups attached to an aromatic ring is 3. The summed E-state index contributed by atoms with van der Waals surface area (Å²) >= 11 is 0. The van der Waals surface area contributed by atoms with E-state index in [1.165, 1.54) is 4.31 Å². The third kappa shape index (κ3) is 5.15. The van der Waals surface area contributed by atoms with E-state index >= 15 is 0 Å². The van der Waals surface area contributed by atoms with Gasteiger partial charge < -0.3 is 26.1 Å². The molecule has 0 spiro atoms. The van der Waals surface area contributed by atoms with Gasteiger partial charge in [0.05, 0.1) is 12.2 Å². The first-order chi connectivity index (χ1) is 16.3. The summed E-state index contributed by atoms with van der Waals surface area (Å²) in [5, 5.41) is 0. The molecule has 3 aromatic rings. The van der Waals surface area contributed by atoms with Gasteiger partial charge in [0.25, 0.3) is 0 Å². The highest BCUT2D eigenvalue weighted by Crippen LogP contribution is 2.42. The molecule has 1 aromatic heterocycles. The summed E-state index contributed by atoms with van der Waals surface area (Å²) in [6.45, 7) is 3.06. The Morgan fingerprint density at radius 2 is 1.79 bits per heavy atom. The van der Waals surface area contributed by atoms with Gasteiger partial charge in [-0.25, -0.2) is 4.98 Å². The first kappa shape index (κ1) is 23.6. The number of rotatable bonds is 8. The van der Waals surface area contributed by atoms with Crippen molar-refractivity contribution in [3.05, 3.63) is 53.7 Å². The van der Waals surface area contributed by atoms with E-state index < -0.39 is 10.3 Å². The van der Waals surface area contributed by atoms with Gasteiger partial charge in [-0.15, -0.1) is 0 Å². The van der Waals surface area contributed by atoms with Crippen LogP contribution < -0.4 is 26.1 Å². The van der Waals surface area contributed by atoms with E-state index in [4.69, 9.17) is 26.1 Å². The molecule has 2 aromatic carbocycles. The molecule has 11 heteroatoms. The Morgan fingerprint density at radius 1 is 1.06 bits per heavy atom. The maximum Gasteiger partial charge on any atom is 0.385 e. The van der Waals surface area contributed by atoms with E-state index in [9.17, 15) is 8.42 Å². The van der Waals surface area contributed by atoms with Crippen LogP contribution in [0.5, 0.6) is 11.5 Å². The lowest BCUT2D eigenvalue weighted by Crippen LogP contribution is -2.32. The van der Waals surface area contributed by atoms with Crippen LogP contribution in [0.4, 0.5) is 17.5 Å². The van der Waals surface area contributed by atoms with Crippen molar-refractivity contribution in [1.82, 2.24) is 14.3 Å². The second kappa shape index (κ2) is 9.74. The molecular formula is C23H28N6O4S. The molecule has 2 heterocycles. The monoisotopic (exact) mass is 484 g/mol. The fraction of sp³-hybridized carbons (Fsp3) is 0.304. The van der Waals surface area contributed by atoms with Crippen molar-refractivity contribution in [3.63, 3.8) is 0 Å². The van der Waals surface area contributed by atoms with Crippen LogP contribution in [0.2, 0.25) is 0 Å². The summed E-state index contributed by atoms with van der Waals surface area (Å²) < 4.78 is 39.1. The number of nitrogens with two attached hydrogens (primary N) is 3. The molecule has 1 aliphatic rings. The second-order valence-corrected chi connectivity index (χ2v) is 9.53. The Bertz CT molecular complexity index is 1290. The Balaban J connectivity index is 1.84. The normalized spacial score (nSPS) is 14.3. The zero-order chi connectivity index (χ0) is 24.3. The third-order valence-electron chi connectivity index (χ3n) is 5.49. The maximum absolute atomic E-state index is 13.1. The topological polar surface area (TPSA) is 160 Å². The number of ether oxygens (including phenoxy) is 1. The van der Waals surface area contributed by atoms with Crippen LogP contribution in [-0.2, 0) is 16.7 Å². The van der Waals surface area contributed by atoms with Crippen molar-refractivity contribution in [2.75, 3.05) is 36.9 Å². The van der Waals surface area contributed by atoms with Gasteiger partial charge in [-0.05, 0) is 55.2 Å². The molecule has 34 heavy (non-hydrogen) atoms. The molecule has 6 N–H and O–H groups in total. The molecule has 0 aliphatic carbocycles. The Morgan fingerprint density at radius 3 is 2.47 bits per heavy atom. The molecule has 1 fully saturated rings. The first-order valence-electron chi connectivity index (χ1n) is 11.0. The van der Waals surface area contributed by atoms with Crippen molar-refractivity contribution in [3.8, 4) is 22.6 Å². The zero-order valence-corrected chi connectivity index (χ0v) is 19.7. The fourth-order valence-corrected chi connectivity index (χ4v) is 5.10. The molecule has 180 valence electrons. The van der Waals surface area contributed by atoms with Gasteiger partial charge in [0.2, 0.25) is 5.95 Å². The first-order valence-corrected chi connectivity index (χ1v) is 12.4. The summed E-state index contributed by atoms with van der Waals surface area (Å²) in [6.07, 6.45) is 3.46. The number of benzene rings is 2. The van der Waals surface area contributed by atoms with Crippen molar-refractivity contribution in [2.24, 2.45) is 0 Å². The summed E-state index contributed by atoms with van der Waals surface area (Å²) in [6, 6.07) is 10.6. The summed E-state index contributed by atoms with van der Waals surface area (Å²) in [4.78, 5) is 8.01. The van der Waals surface area contributed by atoms with E-state index in [1.807, 2.05) is 19.1 Å². The van der Waals surface area contributed by atoms with Gasteiger partial charge in [-0.3, -0.25) is 0 Å². The van der Waals surface area contributed by atoms with E-state index in [0.29, 0.717) is 59.8 Å². The molecule has 10 nitrogen and oxygen atoms in total. The molecule has 0 bridgehead atoms. The van der Waals surface area contributed by atoms with Gasteiger partial charge in [-0.1, -0.05) is 12.1 Å². The molecule has 0 radical (unpaired) electrons. The van der Waals surface area contributed by atoms with E-state index in [0.717, 1.165) is 12.8 Å². The van der Waals surface area contributed by atoms with E-state index in [-0.39, 0.29) is 17.5 Å². The zero-order valence-electron chi connectivity index (χ0n) is 18.9. The second-order valence-electron chi connectivity index (χ2n) is 7.99. The van der Waals surface area contributed by atoms with Crippen molar-refractivity contribution < 1.29 is 17.3 Å². The van der Waals surface area contributed by atoms with Crippen molar-refractivity contribution >= 4 is 27.8 Å². The van der Waals surface area contributed by atoms with Crippen LogP contribution in [0.25, 0.3) is 11.1 Å². The number of nitrogens with zero attached hydrogens (tertiary/aromatic N) is 3. The third-order valence-corrected chi connectivity index (χ3v) is 6.88. The summed E-state index contributed by atoms with van der Waals surface area (Å²) in [5.74, 6) is 0.937. The standard InChI is InChI=1S/C23H28N6O4S/c1-2-32-19-11-15(10-17-14-27-23(26)28-22(17)25)12-20(21(19)16-6-5-7-18(24)13-16)33-34(30,31)29-8-3-4-9-29/h5-7,11-14H,2-4,8-10,24H2,1H3,(H4,25,26,27,28). The van der Waals surface area contributed by atoms with Crippen molar-refractivity contribution in [2.45, 2.75) is 26.2 Å². The summed E-state index contributed by atoms with van der Waals surface area (Å²) in [5.41, 5.74) is 20.7. The molecule has 1 saturated heterocycles. The lowest BCUT2D eigenvalue weighted by molar-refractivity contribution is 0.339. The Hall–Kier alpha value is -3.57. The predicted octanol–water partition coefficient (Wildman–Crippen LogP) is 2.60. The molecular weight excluding hydrogens is 456 g/mol. The highest BCUT2D eigenvalue weighted by molar-refractivity contribution is 7.84. The molecule has 0 saturated carbocycles. The van der Waals surface area contributed by atoms with Crippen LogP contribution in [0.1, 0.15) is 30.9 Å². The molecule has 4 rings (SSSR count). The van der Waals surface area contributed by atoms with Crippen LogP contribution in [0.3, 0.4) is 0 Å². The summed E-state index contributed by atoms with van der Waals surface area (Å²) in [7, 11) is -4.01. The maximum atomic E-state index is 13.1. The highest BCUT2D eigenvalue weighted by atomic mass is 32.2. The van der Waals surface area contributed by atoms with Crippen molar-refractivity contribution in [1.29, 1.82) is 0 Å². The Labute approximate surface area is 199 Å². The largest absolute Gasteiger partial charge is 0.493 e. The number of hydrogen-bond acceptors (Lipinski definition) is 9. The number of anilines is 3. The SMILES string of the molecule is CCOc1cc(Cc2cnc(N)nc2N)cc(OS(=O)(=O)N2CCCC2)c1-c1cccc(N)c1. The molecule has 0 amide bonds. The average molecular weight is 485 g/mol. The van der Waals surface area contributed by atoms with Crippen LogP contribution in [-0.4, -0.2) is 42.4 Å². The highest BCUT2D eigenvalue weighted by Gasteiger charge is 2.29. The minimum absolute atomic E-state index is 0.0778. The van der Waals surface area contributed by atoms with E-state index in [1.54, 1.807) is 30.5 Å². The lowest BCUT2D eigenvalue weighted by atomic mass is 9.98. The van der Waals surface area contributed by atoms with Gasteiger partial charge in [0.15, 0.2) is 5.75 Å². The fourth-order valence-electron chi connectivity index (χ4n) is 3.93. The van der Waals surface area contributed by atoms with Gasteiger partial charge in [0, 0.05) is 37.0 Å². The average Bonchev–Trinajstić information content (AvgIpc) is 3.32. The number of aromatic nitrogens is 2. The van der Waals surface area contributed by atoms with Gasteiger partial charge in [0.1, 0.15) is 11.6 Å². The van der Waals surface area contributed by atoms with Gasteiger partial charge >= 0.3 is 10.3 Å². The molecule has 0 unspecified atom stereocenters. The van der Waals surface area contributed by atoms with Crippen LogP contribution in [0, 0.1) is 0 Å². The lowest BCUT2D eigenvalue weighted by Gasteiger charge is -2.21. The van der Waals surface area contributed by atoms with E-state index in [2.05, 4.69) is 9.97 Å². The predicted molar refractivity (Wildman–Crippen MR) is 131 cm³/mol. The van der Waals surface area contributed by atoms with Crippen LogP contribution >= 0.6 is 0 Å². The quantitative estimate of drug-likeness (QED) is 0.408. The molecule has 1 aliphatic heterocycles. The molecule has 0 atom stereocenters. The Kier molecular flexibility index (Phi) is 6.75. The smallest absolute Gasteiger partial charge is 0.385 e.